The number of nitrogens with zero attached hydrogens (tertiary/aromatic N) is 3. The molecule has 1 atom stereocenters. The van der Waals surface area contributed by atoms with Gasteiger partial charge in [0, 0.05) is 12.1 Å². The van der Waals surface area contributed by atoms with E-state index in [0.717, 1.165) is 17.7 Å². The molecule has 1 aromatic heterocycles. The van der Waals surface area contributed by atoms with Crippen molar-refractivity contribution in [2.75, 3.05) is 14.1 Å². The molecule has 5 nitrogen and oxygen atoms in total. The quantitative estimate of drug-likeness (QED) is 0.781. The summed E-state index contributed by atoms with van der Waals surface area (Å²) in [6.07, 6.45) is 0. The van der Waals surface area contributed by atoms with Gasteiger partial charge in [0.05, 0.1) is 0 Å². The first-order chi connectivity index (χ1) is 11.5. The van der Waals surface area contributed by atoms with Crippen LogP contribution in [0, 0.1) is 6.92 Å². The van der Waals surface area contributed by atoms with Crippen molar-refractivity contribution in [3.63, 3.8) is 0 Å². The lowest BCUT2D eigenvalue weighted by molar-refractivity contribution is 0.367. The molecule has 0 radical (unpaired) electrons. The van der Waals surface area contributed by atoms with Gasteiger partial charge in [0.15, 0.2) is 0 Å². The molecule has 3 aromatic rings. The Labute approximate surface area is 142 Å². The van der Waals surface area contributed by atoms with Crippen molar-refractivity contribution in [2.45, 2.75) is 19.5 Å². The molecule has 0 aliphatic heterocycles. The fraction of sp³-hybridized carbons (Fsp3) is 0.263. The lowest BCUT2D eigenvalue weighted by Gasteiger charge is -2.09. The van der Waals surface area contributed by atoms with Gasteiger partial charge in [0.25, 0.3) is 0 Å². The Hall–Kier alpha value is -2.50. The first-order valence-electron chi connectivity index (χ1n) is 7.93. The van der Waals surface area contributed by atoms with Crippen molar-refractivity contribution in [2.24, 2.45) is 5.73 Å². The van der Waals surface area contributed by atoms with Crippen LogP contribution in [0.5, 0.6) is 0 Å². The first kappa shape index (κ1) is 16.4. The van der Waals surface area contributed by atoms with E-state index >= 15 is 0 Å². The van der Waals surface area contributed by atoms with E-state index in [4.69, 9.17) is 10.3 Å². The van der Waals surface area contributed by atoms with Gasteiger partial charge >= 0.3 is 0 Å². The molecule has 0 bridgehead atoms. The van der Waals surface area contributed by atoms with Gasteiger partial charge in [-0.3, -0.25) is 0 Å². The molecule has 2 aromatic carbocycles. The number of aromatic nitrogens is 2. The number of rotatable bonds is 5. The van der Waals surface area contributed by atoms with Crippen molar-refractivity contribution >= 4 is 0 Å². The van der Waals surface area contributed by atoms with Gasteiger partial charge in [-0.05, 0) is 32.1 Å². The summed E-state index contributed by atoms with van der Waals surface area (Å²) >= 11 is 0. The second-order valence-corrected chi connectivity index (χ2v) is 6.28. The van der Waals surface area contributed by atoms with Crippen LogP contribution in [-0.2, 0) is 6.54 Å². The van der Waals surface area contributed by atoms with E-state index in [9.17, 15) is 0 Å². The summed E-state index contributed by atoms with van der Waals surface area (Å²) in [4.78, 5) is 6.58. The fourth-order valence-corrected chi connectivity index (χ4v) is 2.52. The molecule has 0 aliphatic carbocycles. The second-order valence-electron chi connectivity index (χ2n) is 6.28. The number of aryl methyl sites for hydroxylation is 1. The summed E-state index contributed by atoms with van der Waals surface area (Å²) in [6.45, 7) is 2.94. The highest BCUT2D eigenvalue weighted by atomic mass is 16.5. The van der Waals surface area contributed by atoms with Gasteiger partial charge < -0.3 is 15.2 Å². The van der Waals surface area contributed by atoms with Crippen LogP contribution in [0.15, 0.2) is 53.1 Å². The Morgan fingerprint density at radius 3 is 2.33 bits per heavy atom. The molecule has 1 unspecified atom stereocenters. The Morgan fingerprint density at radius 2 is 1.71 bits per heavy atom. The highest BCUT2D eigenvalue weighted by molar-refractivity contribution is 5.54. The monoisotopic (exact) mass is 322 g/mol. The van der Waals surface area contributed by atoms with Crippen LogP contribution >= 0.6 is 0 Å². The topological polar surface area (TPSA) is 68.2 Å². The minimum atomic E-state index is -0.417. The minimum absolute atomic E-state index is 0.417. The normalized spacial score (nSPS) is 12.5. The lowest BCUT2D eigenvalue weighted by atomic mass is 10.1. The summed E-state index contributed by atoms with van der Waals surface area (Å²) in [5.74, 6) is 0.982. The van der Waals surface area contributed by atoms with Crippen LogP contribution in [-0.4, -0.2) is 29.1 Å². The Balaban J connectivity index is 1.78. The molecular formula is C19H22N4O. The molecule has 0 amide bonds. The van der Waals surface area contributed by atoms with Gasteiger partial charge in [-0.15, -0.1) is 0 Å². The highest BCUT2D eigenvalue weighted by Crippen LogP contribution is 2.22. The summed E-state index contributed by atoms with van der Waals surface area (Å²) in [7, 11) is 4.09. The molecule has 1 heterocycles. The maximum Gasteiger partial charge on any atom is 0.248 e. The molecule has 0 aliphatic rings. The van der Waals surface area contributed by atoms with Crippen LogP contribution in [0.4, 0.5) is 0 Å². The second kappa shape index (κ2) is 6.95. The molecule has 5 heteroatoms. The van der Waals surface area contributed by atoms with Gasteiger partial charge in [0.2, 0.25) is 11.7 Å². The third-order valence-electron chi connectivity index (χ3n) is 3.86. The van der Waals surface area contributed by atoms with Crippen LogP contribution in [0.2, 0.25) is 0 Å². The minimum Gasteiger partial charge on any atom is -0.337 e. The van der Waals surface area contributed by atoms with Crippen molar-refractivity contribution in [3.8, 4) is 11.4 Å². The van der Waals surface area contributed by atoms with Crippen LogP contribution in [0.3, 0.4) is 0 Å². The van der Waals surface area contributed by atoms with Crippen LogP contribution in [0.1, 0.15) is 28.6 Å². The maximum atomic E-state index is 6.23. The highest BCUT2D eigenvalue weighted by Gasteiger charge is 2.17. The summed E-state index contributed by atoms with van der Waals surface area (Å²) < 4.78 is 5.37. The molecule has 0 fully saturated rings. The van der Waals surface area contributed by atoms with Crippen molar-refractivity contribution < 1.29 is 4.52 Å². The van der Waals surface area contributed by atoms with E-state index in [1.807, 2.05) is 57.4 Å². The van der Waals surface area contributed by atoms with E-state index in [2.05, 4.69) is 27.2 Å². The zero-order chi connectivity index (χ0) is 17.1. The van der Waals surface area contributed by atoms with Gasteiger partial charge in [-0.1, -0.05) is 59.3 Å². The molecule has 3 rings (SSSR count). The van der Waals surface area contributed by atoms with Crippen LogP contribution < -0.4 is 5.73 Å². The molecule has 124 valence electrons. The third kappa shape index (κ3) is 3.69. The number of nitrogens with two attached hydrogens (primary N) is 1. The van der Waals surface area contributed by atoms with Gasteiger partial charge in [0.1, 0.15) is 6.04 Å². The molecular weight excluding hydrogens is 300 g/mol. The Kier molecular flexibility index (Phi) is 4.74. The van der Waals surface area contributed by atoms with E-state index < -0.39 is 6.04 Å². The largest absolute Gasteiger partial charge is 0.337 e. The number of hydrogen-bond donors (Lipinski definition) is 1. The standard InChI is InChI=1S/C19H22N4O/c1-13-4-8-15(9-5-13)17(20)19-21-18(22-24-19)16-10-6-14(7-11-16)12-23(2)3/h4-11,17H,12,20H2,1-3H3. The van der Waals surface area contributed by atoms with E-state index in [-0.39, 0.29) is 0 Å². The zero-order valence-electron chi connectivity index (χ0n) is 14.2. The predicted octanol–water partition coefficient (Wildman–Crippen LogP) is 3.15. The van der Waals surface area contributed by atoms with Crippen LogP contribution in [0.25, 0.3) is 11.4 Å². The van der Waals surface area contributed by atoms with E-state index in [1.54, 1.807) is 0 Å². The Morgan fingerprint density at radius 1 is 1.04 bits per heavy atom. The smallest absolute Gasteiger partial charge is 0.248 e. The third-order valence-corrected chi connectivity index (χ3v) is 3.86. The fourth-order valence-electron chi connectivity index (χ4n) is 2.52. The van der Waals surface area contributed by atoms with Gasteiger partial charge in [-0.2, -0.15) is 4.98 Å². The number of hydrogen-bond acceptors (Lipinski definition) is 5. The summed E-state index contributed by atoms with van der Waals surface area (Å²) in [5.41, 5.74) is 10.5. The summed E-state index contributed by atoms with van der Waals surface area (Å²) in [6, 6.07) is 15.8. The van der Waals surface area contributed by atoms with Crippen molar-refractivity contribution in [3.05, 3.63) is 71.1 Å². The average molecular weight is 322 g/mol. The molecule has 0 saturated carbocycles. The van der Waals surface area contributed by atoms with E-state index in [1.165, 1.54) is 11.1 Å². The first-order valence-corrected chi connectivity index (χ1v) is 7.93. The Bertz CT molecular complexity index is 791. The SMILES string of the molecule is Cc1ccc(C(N)c2nc(-c3ccc(CN(C)C)cc3)no2)cc1. The van der Waals surface area contributed by atoms with Crippen molar-refractivity contribution in [1.29, 1.82) is 0 Å². The average Bonchev–Trinajstić information content (AvgIpc) is 3.05. The molecule has 24 heavy (non-hydrogen) atoms. The number of benzene rings is 2. The summed E-state index contributed by atoms with van der Waals surface area (Å²) in [5, 5.41) is 4.06. The zero-order valence-corrected chi connectivity index (χ0v) is 14.2. The molecule has 0 saturated heterocycles. The molecule has 2 N–H and O–H groups in total. The molecule has 0 spiro atoms. The lowest BCUT2D eigenvalue weighted by Crippen LogP contribution is -2.12. The van der Waals surface area contributed by atoms with Crippen molar-refractivity contribution in [1.82, 2.24) is 15.0 Å². The predicted molar refractivity (Wildman–Crippen MR) is 94.3 cm³/mol. The van der Waals surface area contributed by atoms with Gasteiger partial charge in [-0.25, -0.2) is 0 Å². The van der Waals surface area contributed by atoms with E-state index in [0.29, 0.717) is 11.7 Å². The maximum absolute atomic E-state index is 6.23.